The van der Waals surface area contributed by atoms with E-state index in [2.05, 4.69) is 11.4 Å². The number of nitriles is 1. The lowest BCUT2D eigenvalue weighted by Gasteiger charge is -2.33. The Balaban J connectivity index is 1.41. The molecule has 1 aliphatic carbocycles. The van der Waals surface area contributed by atoms with Gasteiger partial charge in [0, 0.05) is 25.4 Å². The third-order valence-electron chi connectivity index (χ3n) is 6.37. The van der Waals surface area contributed by atoms with Gasteiger partial charge in [0.25, 0.3) is 0 Å². The fraction of sp³-hybridized carbons (Fsp3) is 0.400. The van der Waals surface area contributed by atoms with E-state index in [1.807, 2.05) is 36.4 Å². The number of fused-ring (bicyclic) bond motifs is 1. The van der Waals surface area contributed by atoms with E-state index >= 15 is 0 Å². The van der Waals surface area contributed by atoms with Crippen molar-refractivity contribution in [1.82, 2.24) is 9.88 Å². The zero-order valence-corrected chi connectivity index (χ0v) is 18.3. The second-order valence-electron chi connectivity index (χ2n) is 8.86. The summed E-state index contributed by atoms with van der Waals surface area (Å²) in [7, 11) is 1.68. The molecule has 1 fully saturated rings. The Morgan fingerprint density at radius 2 is 1.88 bits per heavy atom. The summed E-state index contributed by atoms with van der Waals surface area (Å²) in [5.74, 6) is -0.544. The Labute approximate surface area is 186 Å². The molecule has 1 aromatic heterocycles. The van der Waals surface area contributed by atoms with Crippen LogP contribution >= 0.6 is 0 Å². The second kappa shape index (κ2) is 9.01. The molecule has 0 bridgehead atoms. The fourth-order valence-corrected chi connectivity index (χ4v) is 4.50. The van der Waals surface area contributed by atoms with Crippen molar-refractivity contribution in [3.63, 3.8) is 0 Å². The molecule has 1 amide bonds. The highest BCUT2D eigenvalue weighted by Gasteiger charge is 2.30. The van der Waals surface area contributed by atoms with Crippen LogP contribution < -0.4 is 16.8 Å². The van der Waals surface area contributed by atoms with Gasteiger partial charge in [-0.2, -0.15) is 5.26 Å². The van der Waals surface area contributed by atoms with Crippen LogP contribution in [0.3, 0.4) is 0 Å². The molecule has 7 heteroatoms. The van der Waals surface area contributed by atoms with Crippen LogP contribution in [-0.4, -0.2) is 22.1 Å². The maximum atomic E-state index is 12.5. The third-order valence-corrected chi connectivity index (χ3v) is 6.37. The molecule has 1 heterocycles. The number of amides is 1. The molecule has 32 heavy (non-hydrogen) atoms. The van der Waals surface area contributed by atoms with Crippen LogP contribution in [0.4, 0.5) is 0 Å². The number of aromatic nitrogens is 1. The summed E-state index contributed by atoms with van der Waals surface area (Å²) >= 11 is 0. The number of benzene rings is 2. The van der Waals surface area contributed by atoms with Crippen LogP contribution in [0.5, 0.6) is 0 Å². The van der Waals surface area contributed by atoms with Crippen LogP contribution in [0.1, 0.15) is 44.1 Å². The largest absolute Gasteiger partial charge is 0.419 e. The average molecular weight is 433 g/mol. The summed E-state index contributed by atoms with van der Waals surface area (Å²) in [6, 6.07) is 15.1. The van der Waals surface area contributed by atoms with Gasteiger partial charge >= 0.3 is 5.76 Å². The van der Waals surface area contributed by atoms with E-state index in [0.717, 1.165) is 47.9 Å². The molecule has 1 atom stereocenters. The number of nitrogens with zero attached hydrogens (tertiary/aromatic N) is 2. The Morgan fingerprint density at radius 1 is 1.19 bits per heavy atom. The van der Waals surface area contributed by atoms with Crippen molar-refractivity contribution < 1.29 is 9.21 Å². The Morgan fingerprint density at radius 3 is 2.56 bits per heavy atom. The first-order valence-corrected chi connectivity index (χ1v) is 11.0. The van der Waals surface area contributed by atoms with Crippen LogP contribution in [0.15, 0.2) is 51.7 Å². The van der Waals surface area contributed by atoms with E-state index < -0.39 is 11.6 Å². The number of aryl methyl sites for hydroxylation is 1. The lowest BCUT2D eigenvalue weighted by Crippen LogP contribution is -2.47. The molecule has 2 aromatic carbocycles. The molecule has 4 rings (SSSR count). The molecule has 7 nitrogen and oxygen atoms in total. The van der Waals surface area contributed by atoms with Crippen molar-refractivity contribution in [1.29, 1.82) is 5.26 Å². The zero-order valence-electron chi connectivity index (χ0n) is 18.3. The SMILES string of the molecule is Cn1c(=O)oc2ccc(-c3ccc(CC(C#N)NC(=O)CC4(N)CCCCC4)cc3)cc21. The van der Waals surface area contributed by atoms with Crippen LogP contribution in [0.25, 0.3) is 22.2 Å². The van der Waals surface area contributed by atoms with Crippen molar-refractivity contribution >= 4 is 17.0 Å². The molecule has 3 aromatic rings. The maximum absolute atomic E-state index is 12.5. The number of hydrogen-bond donors (Lipinski definition) is 2. The van der Waals surface area contributed by atoms with E-state index in [1.54, 1.807) is 13.1 Å². The van der Waals surface area contributed by atoms with Crippen molar-refractivity contribution in [3.05, 3.63) is 58.6 Å². The van der Waals surface area contributed by atoms with E-state index in [1.165, 1.54) is 11.0 Å². The zero-order chi connectivity index (χ0) is 22.7. The highest BCUT2D eigenvalue weighted by Crippen LogP contribution is 2.28. The van der Waals surface area contributed by atoms with E-state index in [4.69, 9.17) is 10.2 Å². The van der Waals surface area contributed by atoms with E-state index in [0.29, 0.717) is 12.0 Å². The third kappa shape index (κ3) is 4.76. The molecule has 0 aliphatic heterocycles. The Kier molecular flexibility index (Phi) is 6.15. The molecule has 3 N–H and O–H groups in total. The van der Waals surface area contributed by atoms with E-state index in [-0.39, 0.29) is 18.1 Å². The van der Waals surface area contributed by atoms with Gasteiger partial charge in [0.05, 0.1) is 11.6 Å². The Bertz CT molecular complexity index is 1210. The number of nitrogens with two attached hydrogens (primary N) is 1. The van der Waals surface area contributed by atoms with Gasteiger partial charge in [0.15, 0.2) is 5.58 Å². The first kappa shape index (κ1) is 21.8. The molecular weight excluding hydrogens is 404 g/mol. The van der Waals surface area contributed by atoms with Gasteiger partial charge in [-0.25, -0.2) is 4.79 Å². The lowest BCUT2D eigenvalue weighted by molar-refractivity contribution is -0.122. The molecule has 0 spiro atoms. The Hall–Kier alpha value is -3.37. The highest BCUT2D eigenvalue weighted by atomic mass is 16.4. The lowest BCUT2D eigenvalue weighted by atomic mass is 9.80. The first-order valence-electron chi connectivity index (χ1n) is 11.0. The van der Waals surface area contributed by atoms with Gasteiger partial charge in [0.2, 0.25) is 5.91 Å². The molecule has 1 aliphatic rings. The summed E-state index contributed by atoms with van der Waals surface area (Å²) in [6.07, 6.45) is 5.70. The van der Waals surface area contributed by atoms with Gasteiger partial charge in [-0.15, -0.1) is 0 Å². The minimum absolute atomic E-state index is 0.156. The van der Waals surface area contributed by atoms with E-state index in [9.17, 15) is 14.9 Å². The topological polar surface area (TPSA) is 114 Å². The van der Waals surface area contributed by atoms with Gasteiger partial charge in [0.1, 0.15) is 6.04 Å². The van der Waals surface area contributed by atoms with Crippen molar-refractivity contribution in [2.45, 2.75) is 56.5 Å². The predicted molar refractivity (Wildman–Crippen MR) is 123 cm³/mol. The van der Waals surface area contributed by atoms with Crippen molar-refractivity contribution in [3.8, 4) is 17.2 Å². The normalized spacial score (nSPS) is 16.4. The summed E-state index contributed by atoms with van der Waals surface area (Å²) in [5.41, 5.74) is 10.1. The number of hydrogen-bond acceptors (Lipinski definition) is 5. The van der Waals surface area contributed by atoms with Gasteiger partial charge in [-0.05, 0) is 41.7 Å². The fourth-order valence-electron chi connectivity index (χ4n) is 4.50. The summed E-state index contributed by atoms with van der Waals surface area (Å²) in [4.78, 5) is 24.2. The average Bonchev–Trinajstić information content (AvgIpc) is 3.07. The van der Waals surface area contributed by atoms with Crippen LogP contribution in [0.2, 0.25) is 0 Å². The van der Waals surface area contributed by atoms with Gasteiger partial charge in [-0.1, -0.05) is 49.6 Å². The van der Waals surface area contributed by atoms with Crippen LogP contribution in [-0.2, 0) is 18.3 Å². The standard InChI is InChI=1S/C25H28N4O3/c1-29-21-14-19(9-10-22(21)32-24(29)31)18-7-5-17(6-8-18)13-20(16-26)28-23(30)15-25(27)11-3-2-4-12-25/h5-10,14,20H,2-4,11-13,15,27H2,1H3,(H,28,30). The number of nitrogens with one attached hydrogen (secondary N) is 1. The summed E-state index contributed by atoms with van der Waals surface area (Å²) < 4.78 is 6.66. The second-order valence-corrected chi connectivity index (χ2v) is 8.86. The number of carbonyl (C=O) groups excluding carboxylic acids is 1. The first-order chi connectivity index (χ1) is 15.4. The molecule has 0 radical (unpaired) electrons. The smallest absolute Gasteiger partial charge is 0.408 e. The molecule has 0 saturated heterocycles. The van der Waals surface area contributed by atoms with Crippen molar-refractivity contribution in [2.75, 3.05) is 0 Å². The molecule has 1 saturated carbocycles. The minimum atomic E-state index is -0.600. The predicted octanol–water partition coefficient (Wildman–Crippen LogP) is 3.40. The summed E-state index contributed by atoms with van der Waals surface area (Å²) in [5, 5.41) is 12.4. The minimum Gasteiger partial charge on any atom is -0.408 e. The molecular formula is C25H28N4O3. The molecule has 1 unspecified atom stereocenters. The number of carbonyl (C=O) groups is 1. The molecule has 166 valence electrons. The summed E-state index contributed by atoms with van der Waals surface area (Å²) in [6.45, 7) is 0. The van der Waals surface area contributed by atoms with Gasteiger partial charge < -0.3 is 15.5 Å². The monoisotopic (exact) mass is 432 g/mol. The van der Waals surface area contributed by atoms with Crippen molar-refractivity contribution in [2.24, 2.45) is 12.8 Å². The number of rotatable bonds is 6. The maximum Gasteiger partial charge on any atom is 0.419 e. The van der Waals surface area contributed by atoms with Crippen LogP contribution in [0, 0.1) is 11.3 Å². The highest BCUT2D eigenvalue weighted by molar-refractivity contribution is 5.80. The quantitative estimate of drug-likeness (QED) is 0.620. The number of oxazole rings is 1. The van der Waals surface area contributed by atoms with Gasteiger partial charge in [-0.3, -0.25) is 9.36 Å².